The lowest BCUT2D eigenvalue weighted by Gasteiger charge is -2.33. The Morgan fingerprint density at radius 3 is 2.74 bits per heavy atom. The molecule has 1 N–H and O–H groups in total. The van der Waals surface area contributed by atoms with Gasteiger partial charge in [-0.1, -0.05) is 0 Å². The zero-order valence-corrected chi connectivity index (χ0v) is 9.74. The Labute approximate surface area is 106 Å². The minimum absolute atomic E-state index is 0.0878. The molecule has 1 aromatic heterocycles. The molecular weight excluding hydrogens is 265 g/mol. The van der Waals surface area contributed by atoms with Gasteiger partial charge in [-0.3, -0.25) is 9.59 Å². The van der Waals surface area contributed by atoms with E-state index in [1.165, 1.54) is 12.3 Å². The van der Waals surface area contributed by atoms with E-state index in [2.05, 4.69) is 9.72 Å². The van der Waals surface area contributed by atoms with Crippen molar-refractivity contribution in [3.8, 4) is 0 Å². The number of amides is 1. The van der Waals surface area contributed by atoms with E-state index in [0.717, 1.165) is 11.0 Å². The fourth-order valence-corrected chi connectivity index (χ4v) is 1.76. The number of hydrogen-bond donors (Lipinski definition) is 1. The van der Waals surface area contributed by atoms with Gasteiger partial charge in [0.1, 0.15) is 0 Å². The fraction of sp³-hybridized carbons (Fsp3) is 0.455. The summed E-state index contributed by atoms with van der Waals surface area (Å²) < 4.78 is 42.2. The van der Waals surface area contributed by atoms with Crippen LogP contribution in [0.3, 0.4) is 0 Å². The maximum atomic E-state index is 12.5. The molecule has 0 spiro atoms. The van der Waals surface area contributed by atoms with E-state index in [4.69, 9.17) is 0 Å². The SMILES string of the molecule is O=C(c1ccc(=O)[nH]c1)N1CCOC(C(F)(F)F)C1. The van der Waals surface area contributed by atoms with E-state index < -0.39 is 24.7 Å². The summed E-state index contributed by atoms with van der Waals surface area (Å²) in [6.45, 7) is -0.620. The van der Waals surface area contributed by atoms with Gasteiger partial charge in [0.25, 0.3) is 5.91 Å². The van der Waals surface area contributed by atoms with Crippen molar-refractivity contribution in [2.75, 3.05) is 19.7 Å². The third-order valence-corrected chi connectivity index (χ3v) is 2.75. The summed E-state index contributed by atoms with van der Waals surface area (Å²) in [6, 6.07) is 2.42. The number of nitrogens with one attached hydrogen (secondary N) is 1. The van der Waals surface area contributed by atoms with Crippen molar-refractivity contribution in [2.45, 2.75) is 12.3 Å². The van der Waals surface area contributed by atoms with Crippen LogP contribution in [0.2, 0.25) is 0 Å². The van der Waals surface area contributed by atoms with E-state index in [1.54, 1.807) is 0 Å². The van der Waals surface area contributed by atoms with E-state index >= 15 is 0 Å². The molecule has 1 aromatic rings. The molecule has 5 nitrogen and oxygen atoms in total. The maximum Gasteiger partial charge on any atom is 0.416 e. The van der Waals surface area contributed by atoms with Crippen molar-refractivity contribution in [1.29, 1.82) is 0 Å². The first kappa shape index (κ1) is 13.6. The molecule has 1 fully saturated rings. The highest BCUT2D eigenvalue weighted by molar-refractivity contribution is 5.93. The third-order valence-electron chi connectivity index (χ3n) is 2.75. The molecule has 2 heterocycles. The van der Waals surface area contributed by atoms with E-state index in [0.29, 0.717) is 0 Å². The standard InChI is InChI=1S/C11H11F3N2O3/c12-11(13,14)8-6-16(3-4-19-8)10(18)7-1-2-9(17)15-5-7/h1-2,5,8H,3-4,6H2,(H,15,17). The minimum atomic E-state index is -4.50. The molecule has 0 bridgehead atoms. The lowest BCUT2D eigenvalue weighted by atomic mass is 10.2. The summed E-state index contributed by atoms with van der Waals surface area (Å²) in [5.74, 6) is -0.561. The number of aromatic nitrogens is 1. The Bertz CT molecular complexity index is 506. The molecule has 1 unspecified atom stereocenters. The largest absolute Gasteiger partial charge is 0.416 e. The predicted octanol–water partition coefficient (Wildman–Crippen LogP) is 0.778. The first-order valence-electron chi connectivity index (χ1n) is 5.54. The van der Waals surface area contributed by atoms with Crippen LogP contribution in [0.1, 0.15) is 10.4 Å². The zero-order chi connectivity index (χ0) is 14.0. The Hall–Kier alpha value is -1.83. The van der Waals surface area contributed by atoms with Crippen LogP contribution >= 0.6 is 0 Å². The summed E-state index contributed by atoms with van der Waals surface area (Å²) in [6.07, 6.45) is -5.28. The molecule has 104 valence electrons. The lowest BCUT2D eigenvalue weighted by Crippen LogP contribution is -2.51. The number of alkyl halides is 3. The molecular formula is C11H11F3N2O3. The topological polar surface area (TPSA) is 62.4 Å². The van der Waals surface area contributed by atoms with Gasteiger partial charge in [-0.05, 0) is 6.07 Å². The molecule has 1 saturated heterocycles. The van der Waals surface area contributed by atoms with Crippen molar-refractivity contribution in [1.82, 2.24) is 9.88 Å². The van der Waals surface area contributed by atoms with Gasteiger partial charge in [0, 0.05) is 18.8 Å². The van der Waals surface area contributed by atoms with Gasteiger partial charge in [0.05, 0.1) is 18.7 Å². The van der Waals surface area contributed by atoms with Crippen LogP contribution < -0.4 is 5.56 Å². The average Bonchev–Trinajstić information content (AvgIpc) is 2.38. The van der Waals surface area contributed by atoms with E-state index in [9.17, 15) is 22.8 Å². The molecule has 1 aliphatic rings. The summed E-state index contributed by atoms with van der Waals surface area (Å²) >= 11 is 0. The summed E-state index contributed by atoms with van der Waals surface area (Å²) in [4.78, 5) is 26.2. The third kappa shape index (κ3) is 3.14. The average molecular weight is 276 g/mol. The predicted molar refractivity (Wildman–Crippen MR) is 58.8 cm³/mol. The highest BCUT2D eigenvalue weighted by Crippen LogP contribution is 2.26. The molecule has 8 heteroatoms. The first-order chi connectivity index (χ1) is 8.88. The van der Waals surface area contributed by atoms with Crippen LogP contribution in [0.5, 0.6) is 0 Å². The molecule has 0 saturated carbocycles. The molecule has 19 heavy (non-hydrogen) atoms. The van der Waals surface area contributed by atoms with Crippen LogP contribution in [0.15, 0.2) is 23.1 Å². The molecule has 1 amide bonds. The smallest absolute Gasteiger partial charge is 0.365 e. The molecule has 1 aliphatic heterocycles. The highest BCUT2D eigenvalue weighted by Gasteiger charge is 2.44. The lowest BCUT2D eigenvalue weighted by molar-refractivity contribution is -0.233. The van der Waals surface area contributed by atoms with Gasteiger partial charge < -0.3 is 14.6 Å². The second kappa shape index (κ2) is 5.04. The summed E-state index contributed by atoms with van der Waals surface area (Å²) in [7, 11) is 0. The number of carbonyl (C=O) groups is 1. The number of hydrogen-bond acceptors (Lipinski definition) is 3. The number of carbonyl (C=O) groups excluding carboxylic acids is 1. The number of nitrogens with zero attached hydrogens (tertiary/aromatic N) is 1. The second-order valence-corrected chi connectivity index (χ2v) is 4.09. The molecule has 0 aliphatic carbocycles. The van der Waals surface area contributed by atoms with E-state index in [-0.39, 0.29) is 24.3 Å². The van der Waals surface area contributed by atoms with Crippen molar-refractivity contribution < 1.29 is 22.7 Å². The van der Waals surface area contributed by atoms with Gasteiger partial charge in [0.2, 0.25) is 5.56 Å². The van der Waals surface area contributed by atoms with E-state index in [1.807, 2.05) is 0 Å². The number of aromatic amines is 1. The molecule has 2 rings (SSSR count). The van der Waals surface area contributed by atoms with Gasteiger partial charge in [-0.2, -0.15) is 13.2 Å². The van der Waals surface area contributed by atoms with Crippen molar-refractivity contribution in [2.24, 2.45) is 0 Å². The fourth-order valence-electron chi connectivity index (χ4n) is 1.76. The van der Waals surface area contributed by atoms with Crippen LogP contribution in [-0.4, -0.2) is 47.8 Å². The van der Waals surface area contributed by atoms with Gasteiger partial charge in [-0.15, -0.1) is 0 Å². The maximum absolute atomic E-state index is 12.5. The Kier molecular flexibility index (Phi) is 3.61. The van der Waals surface area contributed by atoms with Gasteiger partial charge in [0.15, 0.2) is 6.10 Å². The van der Waals surface area contributed by atoms with Crippen LogP contribution in [-0.2, 0) is 4.74 Å². The number of pyridine rings is 1. The molecule has 0 aromatic carbocycles. The Morgan fingerprint density at radius 1 is 1.42 bits per heavy atom. The summed E-state index contributed by atoms with van der Waals surface area (Å²) in [5.41, 5.74) is -0.242. The van der Waals surface area contributed by atoms with Crippen molar-refractivity contribution in [3.05, 3.63) is 34.2 Å². The normalized spacial score (nSPS) is 20.4. The van der Waals surface area contributed by atoms with Crippen LogP contribution in [0, 0.1) is 0 Å². The monoisotopic (exact) mass is 276 g/mol. The van der Waals surface area contributed by atoms with Gasteiger partial charge >= 0.3 is 6.18 Å². The number of rotatable bonds is 1. The number of halogens is 3. The number of H-pyrrole nitrogens is 1. The second-order valence-electron chi connectivity index (χ2n) is 4.09. The first-order valence-corrected chi connectivity index (χ1v) is 5.54. The molecule has 1 atom stereocenters. The quantitative estimate of drug-likeness (QED) is 0.824. The number of morpholine rings is 1. The summed E-state index contributed by atoms with van der Waals surface area (Å²) in [5, 5.41) is 0. The molecule has 0 radical (unpaired) electrons. The van der Waals surface area contributed by atoms with Crippen molar-refractivity contribution >= 4 is 5.91 Å². The zero-order valence-electron chi connectivity index (χ0n) is 9.74. The number of ether oxygens (including phenoxy) is 1. The van der Waals surface area contributed by atoms with Crippen LogP contribution in [0.25, 0.3) is 0 Å². The highest BCUT2D eigenvalue weighted by atomic mass is 19.4. The van der Waals surface area contributed by atoms with Crippen LogP contribution in [0.4, 0.5) is 13.2 Å². The minimum Gasteiger partial charge on any atom is -0.365 e. The Morgan fingerprint density at radius 2 is 2.16 bits per heavy atom. The van der Waals surface area contributed by atoms with Crippen molar-refractivity contribution in [3.63, 3.8) is 0 Å². The Balaban J connectivity index is 2.11. The van der Waals surface area contributed by atoms with Gasteiger partial charge in [-0.25, -0.2) is 0 Å².